The van der Waals surface area contributed by atoms with Crippen LogP contribution in [0.3, 0.4) is 0 Å². The molecule has 0 saturated carbocycles. The summed E-state index contributed by atoms with van der Waals surface area (Å²) in [6.07, 6.45) is 0. The summed E-state index contributed by atoms with van der Waals surface area (Å²) < 4.78 is 5.46. The first-order valence-corrected chi connectivity index (χ1v) is 8.36. The summed E-state index contributed by atoms with van der Waals surface area (Å²) in [5.41, 5.74) is 0.618. The molecule has 1 aromatic heterocycles. The van der Waals surface area contributed by atoms with Gasteiger partial charge in [0.15, 0.2) is 10.9 Å². The number of carbonyl (C=O) groups excluding carboxylic acids is 2. The highest BCUT2D eigenvalue weighted by atomic mass is 32.2. The Kier molecular flexibility index (Phi) is 5.88. The number of likely N-dealkylation sites (N-methyl/N-ethyl adjacent to an activating group) is 1. The maximum atomic E-state index is 11.9. The highest BCUT2D eigenvalue weighted by Gasteiger charge is 2.20. The summed E-state index contributed by atoms with van der Waals surface area (Å²) in [7, 11) is 1.41. The minimum absolute atomic E-state index is 0.00488. The van der Waals surface area contributed by atoms with Crippen LogP contribution in [0.1, 0.15) is 16.1 Å². The van der Waals surface area contributed by atoms with E-state index in [1.165, 1.54) is 30.5 Å². The molecule has 0 aliphatic carbocycles. The van der Waals surface area contributed by atoms with Crippen molar-refractivity contribution in [3.63, 3.8) is 0 Å². The van der Waals surface area contributed by atoms with Gasteiger partial charge in [-0.3, -0.25) is 14.9 Å². The van der Waals surface area contributed by atoms with Crippen LogP contribution < -0.4 is 5.32 Å². The Hall–Kier alpha value is -2.46. The number of aryl methyl sites for hydroxylation is 1. The topological polar surface area (TPSA) is 111 Å². The number of esters is 1. The third-order valence-corrected chi connectivity index (χ3v) is 4.92. The Morgan fingerprint density at radius 2 is 2.21 bits per heavy atom. The van der Waals surface area contributed by atoms with Crippen molar-refractivity contribution in [3.05, 3.63) is 45.0 Å². The van der Waals surface area contributed by atoms with Crippen molar-refractivity contribution in [2.24, 2.45) is 0 Å². The second-order valence-electron chi connectivity index (χ2n) is 4.55. The lowest BCUT2D eigenvalue weighted by Gasteiger charge is -2.05. The number of nitro groups is 1. The van der Waals surface area contributed by atoms with E-state index in [1.54, 1.807) is 0 Å². The number of nitro benzene ring substituents is 1. The molecule has 1 heterocycles. The minimum atomic E-state index is -0.802. The number of rotatable bonds is 6. The van der Waals surface area contributed by atoms with Gasteiger partial charge in [0, 0.05) is 24.2 Å². The second-order valence-corrected chi connectivity index (χ2v) is 6.69. The van der Waals surface area contributed by atoms with Crippen molar-refractivity contribution in [3.8, 4) is 0 Å². The number of nitrogens with zero attached hydrogens (tertiary/aromatic N) is 2. The average molecular weight is 367 g/mol. The molecule has 1 aromatic carbocycles. The fraction of sp³-hybridized carbons (Fsp3) is 0.214. The standard InChI is InChI=1S/C14H13N3O5S2/c1-8-7-23-14(16-8)24-11-4-3-9(5-10(11)17(20)21)13(19)22-6-12(18)15-2/h3-5,7H,6H2,1-2H3,(H,15,18). The summed E-state index contributed by atoms with van der Waals surface area (Å²) in [6, 6.07) is 4.02. The first-order valence-electron chi connectivity index (χ1n) is 6.67. The van der Waals surface area contributed by atoms with E-state index in [0.29, 0.717) is 9.24 Å². The predicted octanol–water partition coefficient (Wildman–Crippen LogP) is 2.41. The lowest BCUT2D eigenvalue weighted by Crippen LogP contribution is -2.25. The first-order chi connectivity index (χ1) is 11.4. The molecule has 10 heteroatoms. The molecule has 8 nitrogen and oxygen atoms in total. The van der Waals surface area contributed by atoms with Gasteiger partial charge in [0.25, 0.3) is 11.6 Å². The molecular formula is C14H13N3O5S2. The summed E-state index contributed by atoms with van der Waals surface area (Å²) in [5, 5.41) is 15.4. The van der Waals surface area contributed by atoms with Crippen molar-refractivity contribution in [2.45, 2.75) is 16.2 Å². The molecule has 2 aromatic rings. The number of aromatic nitrogens is 1. The SMILES string of the molecule is CNC(=O)COC(=O)c1ccc(Sc2nc(C)cs2)c([N+](=O)[O-])c1. The molecule has 0 spiro atoms. The molecule has 2 rings (SSSR count). The van der Waals surface area contributed by atoms with Gasteiger partial charge in [-0.05, 0) is 19.1 Å². The number of benzene rings is 1. The van der Waals surface area contributed by atoms with Gasteiger partial charge in [0.2, 0.25) is 0 Å². The number of nitrogens with one attached hydrogen (secondary N) is 1. The van der Waals surface area contributed by atoms with E-state index in [-0.39, 0.29) is 11.3 Å². The van der Waals surface area contributed by atoms with Crippen LogP contribution in [0.15, 0.2) is 32.8 Å². The number of carbonyl (C=O) groups is 2. The zero-order valence-electron chi connectivity index (χ0n) is 12.8. The number of hydrogen-bond donors (Lipinski definition) is 1. The van der Waals surface area contributed by atoms with Crippen LogP contribution in [0.25, 0.3) is 0 Å². The maximum Gasteiger partial charge on any atom is 0.338 e. The molecule has 0 fully saturated rings. The van der Waals surface area contributed by atoms with Crippen LogP contribution >= 0.6 is 23.1 Å². The van der Waals surface area contributed by atoms with Crippen molar-refractivity contribution < 1.29 is 19.2 Å². The van der Waals surface area contributed by atoms with E-state index in [0.717, 1.165) is 23.5 Å². The van der Waals surface area contributed by atoms with Gasteiger partial charge in [0.05, 0.1) is 15.4 Å². The summed E-state index contributed by atoms with van der Waals surface area (Å²) in [6.45, 7) is 1.39. The smallest absolute Gasteiger partial charge is 0.338 e. The van der Waals surface area contributed by atoms with Crippen LogP contribution in [-0.2, 0) is 9.53 Å². The van der Waals surface area contributed by atoms with Gasteiger partial charge in [0.1, 0.15) is 0 Å². The van der Waals surface area contributed by atoms with Gasteiger partial charge in [-0.1, -0.05) is 11.8 Å². The number of thiazole rings is 1. The normalized spacial score (nSPS) is 10.2. The van der Waals surface area contributed by atoms with Crippen LogP contribution in [0.4, 0.5) is 5.69 Å². The fourth-order valence-electron chi connectivity index (χ4n) is 1.63. The molecule has 0 radical (unpaired) electrons. The lowest BCUT2D eigenvalue weighted by atomic mass is 10.2. The fourth-order valence-corrected chi connectivity index (χ4v) is 3.51. The summed E-state index contributed by atoms with van der Waals surface area (Å²) in [5.74, 6) is -1.27. The van der Waals surface area contributed by atoms with E-state index in [9.17, 15) is 19.7 Å². The predicted molar refractivity (Wildman–Crippen MR) is 88.4 cm³/mol. The van der Waals surface area contributed by atoms with Crippen LogP contribution in [0, 0.1) is 17.0 Å². The second kappa shape index (κ2) is 7.88. The number of ether oxygens (including phenoxy) is 1. The Morgan fingerprint density at radius 3 is 2.79 bits per heavy atom. The highest BCUT2D eigenvalue weighted by Crippen LogP contribution is 2.36. The van der Waals surface area contributed by atoms with Crippen molar-refractivity contribution in [1.29, 1.82) is 0 Å². The highest BCUT2D eigenvalue weighted by molar-refractivity contribution is 8.01. The Bertz CT molecular complexity index is 790. The summed E-state index contributed by atoms with van der Waals surface area (Å²) in [4.78, 5) is 38.3. The summed E-state index contributed by atoms with van der Waals surface area (Å²) >= 11 is 2.54. The molecule has 126 valence electrons. The Balaban J connectivity index is 2.21. The Morgan fingerprint density at radius 1 is 1.46 bits per heavy atom. The van der Waals surface area contributed by atoms with Gasteiger partial charge in [-0.2, -0.15) is 0 Å². The Labute approximate surface area is 145 Å². The maximum absolute atomic E-state index is 11.9. The number of amides is 1. The molecule has 1 N–H and O–H groups in total. The van der Waals surface area contributed by atoms with E-state index < -0.39 is 23.4 Å². The van der Waals surface area contributed by atoms with Crippen LogP contribution in [-0.4, -0.2) is 35.4 Å². The van der Waals surface area contributed by atoms with Crippen molar-refractivity contribution >= 4 is 40.7 Å². The molecule has 0 aliphatic rings. The third-order valence-electron chi connectivity index (χ3n) is 2.80. The first kappa shape index (κ1) is 17.9. The molecule has 0 unspecified atom stereocenters. The number of hydrogen-bond acceptors (Lipinski definition) is 8. The minimum Gasteiger partial charge on any atom is -0.452 e. The van der Waals surface area contributed by atoms with Crippen molar-refractivity contribution in [1.82, 2.24) is 10.3 Å². The van der Waals surface area contributed by atoms with Gasteiger partial charge in [-0.25, -0.2) is 9.78 Å². The van der Waals surface area contributed by atoms with Crippen LogP contribution in [0.2, 0.25) is 0 Å². The van der Waals surface area contributed by atoms with Gasteiger partial charge >= 0.3 is 5.97 Å². The van der Waals surface area contributed by atoms with Crippen molar-refractivity contribution in [2.75, 3.05) is 13.7 Å². The molecular weight excluding hydrogens is 354 g/mol. The zero-order chi connectivity index (χ0) is 17.7. The van der Waals surface area contributed by atoms with E-state index in [2.05, 4.69) is 10.3 Å². The van der Waals surface area contributed by atoms with E-state index >= 15 is 0 Å². The molecule has 1 amide bonds. The largest absolute Gasteiger partial charge is 0.452 e. The van der Waals surface area contributed by atoms with E-state index in [1.807, 2.05) is 12.3 Å². The quantitative estimate of drug-likeness (QED) is 0.474. The average Bonchev–Trinajstić information content (AvgIpc) is 2.97. The molecule has 24 heavy (non-hydrogen) atoms. The third kappa shape index (κ3) is 4.52. The van der Waals surface area contributed by atoms with E-state index in [4.69, 9.17) is 4.74 Å². The molecule has 0 saturated heterocycles. The van der Waals surface area contributed by atoms with Crippen LogP contribution in [0.5, 0.6) is 0 Å². The molecule has 0 bridgehead atoms. The molecule has 0 aliphatic heterocycles. The van der Waals surface area contributed by atoms with Gasteiger partial charge < -0.3 is 10.1 Å². The lowest BCUT2D eigenvalue weighted by molar-refractivity contribution is -0.387. The monoisotopic (exact) mass is 367 g/mol. The zero-order valence-corrected chi connectivity index (χ0v) is 14.4. The molecule has 0 atom stereocenters. The van der Waals surface area contributed by atoms with Gasteiger partial charge in [-0.15, -0.1) is 11.3 Å².